The molecule has 0 aromatic heterocycles. The molecule has 0 heterocycles. The average molecular weight is 201 g/mol. The fraction of sp³-hybridized carbons (Fsp3) is 0.800. The standard InChI is InChI=1S/C10H19NO3/c1-4-8(3)6-9(12)11-7-10(13)14-5-2/h8H,4-7H2,1-3H3,(H,11,12). The lowest BCUT2D eigenvalue weighted by atomic mass is 10.1. The van der Waals surface area contributed by atoms with Gasteiger partial charge < -0.3 is 10.1 Å². The molecule has 1 atom stereocenters. The van der Waals surface area contributed by atoms with E-state index >= 15 is 0 Å². The molecule has 0 rings (SSSR count). The van der Waals surface area contributed by atoms with Crippen LogP contribution in [0.5, 0.6) is 0 Å². The number of amides is 1. The van der Waals surface area contributed by atoms with Gasteiger partial charge in [0.15, 0.2) is 0 Å². The third-order valence-electron chi connectivity index (χ3n) is 1.97. The molecule has 0 aromatic rings. The summed E-state index contributed by atoms with van der Waals surface area (Å²) >= 11 is 0. The van der Waals surface area contributed by atoms with Crippen LogP contribution in [-0.2, 0) is 14.3 Å². The van der Waals surface area contributed by atoms with E-state index in [-0.39, 0.29) is 18.4 Å². The van der Waals surface area contributed by atoms with Gasteiger partial charge in [0, 0.05) is 6.42 Å². The van der Waals surface area contributed by atoms with E-state index in [0.29, 0.717) is 18.9 Å². The zero-order valence-electron chi connectivity index (χ0n) is 9.13. The Kier molecular flexibility index (Phi) is 6.80. The zero-order chi connectivity index (χ0) is 11.0. The molecule has 0 aromatic carbocycles. The zero-order valence-corrected chi connectivity index (χ0v) is 9.13. The Labute approximate surface area is 85.0 Å². The summed E-state index contributed by atoms with van der Waals surface area (Å²) in [6.45, 7) is 6.09. The Morgan fingerprint density at radius 1 is 1.36 bits per heavy atom. The largest absolute Gasteiger partial charge is 0.465 e. The first kappa shape index (κ1) is 12.9. The first-order valence-electron chi connectivity index (χ1n) is 5.02. The maximum atomic E-state index is 11.2. The van der Waals surface area contributed by atoms with E-state index in [1.54, 1.807) is 6.92 Å². The highest BCUT2D eigenvalue weighted by molar-refractivity contribution is 5.81. The third-order valence-corrected chi connectivity index (χ3v) is 1.97. The number of carbonyl (C=O) groups excluding carboxylic acids is 2. The van der Waals surface area contributed by atoms with Gasteiger partial charge in [-0.05, 0) is 12.8 Å². The molecule has 1 unspecified atom stereocenters. The first-order chi connectivity index (χ1) is 6.60. The lowest BCUT2D eigenvalue weighted by Gasteiger charge is -2.08. The monoisotopic (exact) mass is 201 g/mol. The molecule has 0 saturated carbocycles. The molecule has 0 aliphatic rings. The highest BCUT2D eigenvalue weighted by Gasteiger charge is 2.08. The molecule has 14 heavy (non-hydrogen) atoms. The van der Waals surface area contributed by atoms with Crippen LogP contribution in [0, 0.1) is 5.92 Å². The minimum absolute atomic E-state index is 0.0247. The molecule has 0 spiro atoms. The second-order valence-electron chi connectivity index (χ2n) is 3.30. The third kappa shape index (κ3) is 6.46. The summed E-state index contributed by atoms with van der Waals surface area (Å²) in [7, 11) is 0. The van der Waals surface area contributed by atoms with Crippen LogP contribution >= 0.6 is 0 Å². The van der Waals surface area contributed by atoms with Crippen molar-refractivity contribution in [2.24, 2.45) is 5.92 Å². The molecule has 1 N–H and O–H groups in total. The molecule has 4 heteroatoms. The van der Waals surface area contributed by atoms with E-state index in [1.807, 2.05) is 13.8 Å². The Hall–Kier alpha value is -1.06. The number of hydrogen-bond acceptors (Lipinski definition) is 3. The van der Waals surface area contributed by atoms with E-state index in [9.17, 15) is 9.59 Å². The van der Waals surface area contributed by atoms with E-state index in [1.165, 1.54) is 0 Å². The molecule has 4 nitrogen and oxygen atoms in total. The van der Waals surface area contributed by atoms with Gasteiger partial charge in [-0.15, -0.1) is 0 Å². The normalized spacial score (nSPS) is 11.9. The molecule has 1 amide bonds. The van der Waals surface area contributed by atoms with Gasteiger partial charge in [0.25, 0.3) is 0 Å². The van der Waals surface area contributed by atoms with Gasteiger partial charge in [-0.3, -0.25) is 9.59 Å². The van der Waals surface area contributed by atoms with Gasteiger partial charge in [0.2, 0.25) is 5.91 Å². The van der Waals surface area contributed by atoms with E-state index in [4.69, 9.17) is 0 Å². The van der Waals surface area contributed by atoms with Crippen LogP contribution in [0.4, 0.5) is 0 Å². The lowest BCUT2D eigenvalue weighted by Crippen LogP contribution is -2.31. The second-order valence-corrected chi connectivity index (χ2v) is 3.30. The Morgan fingerprint density at radius 2 is 2.00 bits per heavy atom. The maximum absolute atomic E-state index is 11.2. The molecule has 0 bridgehead atoms. The number of carbonyl (C=O) groups is 2. The number of nitrogens with one attached hydrogen (secondary N) is 1. The summed E-state index contributed by atoms with van der Waals surface area (Å²) in [5.41, 5.74) is 0. The highest BCUT2D eigenvalue weighted by atomic mass is 16.5. The van der Waals surface area contributed by atoms with Crippen LogP contribution in [0.2, 0.25) is 0 Å². The van der Waals surface area contributed by atoms with Crippen LogP contribution in [0.1, 0.15) is 33.6 Å². The predicted octanol–water partition coefficient (Wildman–Crippen LogP) is 1.10. The van der Waals surface area contributed by atoms with Gasteiger partial charge in [-0.2, -0.15) is 0 Å². The fourth-order valence-corrected chi connectivity index (χ4v) is 0.916. The van der Waals surface area contributed by atoms with Crippen molar-refractivity contribution >= 4 is 11.9 Å². The number of ether oxygens (including phenoxy) is 1. The maximum Gasteiger partial charge on any atom is 0.325 e. The van der Waals surface area contributed by atoms with Crippen LogP contribution in [0.25, 0.3) is 0 Å². The SMILES string of the molecule is CCOC(=O)CNC(=O)CC(C)CC. The molecule has 0 aliphatic heterocycles. The number of esters is 1. The van der Waals surface area contributed by atoms with E-state index in [2.05, 4.69) is 10.1 Å². The minimum Gasteiger partial charge on any atom is -0.465 e. The molecular formula is C10H19NO3. The summed E-state index contributed by atoms with van der Waals surface area (Å²) in [5.74, 6) is -0.116. The highest BCUT2D eigenvalue weighted by Crippen LogP contribution is 2.05. The molecule has 0 fully saturated rings. The van der Waals surface area contributed by atoms with Gasteiger partial charge in [-0.1, -0.05) is 20.3 Å². The quantitative estimate of drug-likeness (QED) is 0.655. The van der Waals surface area contributed by atoms with Crippen molar-refractivity contribution < 1.29 is 14.3 Å². The van der Waals surface area contributed by atoms with Crippen LogP contribution in [0.15, 0.2) is 0 Å². The van der Waals surface area contributed by atoms with Gasteiger partial charge in [-0.25, -0.2) is 0 Å². The second kappa shape index (κ2) is 7.35. The average Bonchev–Trinajstić information content (AvgIpc) is 2.15. The fourth-order valence-electron chi connectivity index (χ4n) is 0.916. The molecule has 0 radical (unpaired) electrons. The van der Waals surface area contributed by atoms with Crippen molar-refractivity contribution in [2.75, 3.05) is 13.2 Å². The smallest absolute Gasteiger partial charge is 0.325 e. The summed E-state index contributed by atoms with van der Waals surface area (Å²) in [4.78, 5) is 22.1. The van der Waals surface area contributed by atoms with Crippen molar-refractivity contribution in [3.8, 4) is 0 Å². The number of rotatable bonds is 6. The first-order valence-corrected chi connectivity index (χ1v) is 5.02. The summed E-state index contributed by atoms with van der Waals surface area (Å²) in [6, 6.07) is 0. The predicted molar refractivity (Wildman–Crippen MR) is 53.7 cm³/mol. The summed E-state index contributed by atoms with van der Waals surface area (Å²) in [6.07, 6.45) is 1.43. The van der Waals surface area contributed by atoms with Crippen LogP contribution in [0.3, 0.4) is 0 Å². The van der Waals surface area contributed by atoms with Crippen molar-refractivity contribution in [3.63, 3.8) is 0 Å². The Bertz CT molecular complexity index is 192. The molecule has 0 aliphatic carbocycles. The lowest BCUT2D eigenvalue weighted by molar-refractivity contribution is -0.143. The van der Waals surface area contributed by atoms with Gasteiger partial charge in [0.05, 0.1) is 6.61 Å². The Balaban J connectivity index is 3.58. The van der Waals surface area contributed by atoms with E-state index in [0.717, 1.165) is 6.42 Å². The van der Waals surface area contributed by atoms with Crippen molar-refractivity contribution in [2.45, 2.75) is 33.6 Å². The summed E-state index contributed by atoms with van der Waals surface area (Å²) < 4.78 is 4.67. The van der Waals surface area contributed by atoms with Gasteiger partial charge >= 0.3 is 5.97 Å². The molecule has 82 valence electrons. The Morgan fingerprint density at radius 3 is 2.50 bits per heavy atom. The number of hydrogen-bond donors (Lipinski definition) is 1. The van der Waals surface area contributed by atoms with Crippen LogP contribution < -0.4 is 5.32 Å². The molecular weight excluding hydrogens is 182 g/mol. The van der Waals surface area contributed by atoms with E-state index < -0.39 is 0 Å². The van der Waals surface area contributed by atoms with Gasteiger partial charge in [0.1, 0.15) is 6.54 Å². The summed E-state index contributed by atoms with van der Waals surface area (Å²) in [5, 5.41) is 2.52. The van der Waals surface area contributed by atoms with Crippen molar-refractivity contribution in [1.82, 2.24) is 5.32 Å². The van der Waals surface area contributed by atoms with Crippen molar-refractivity contribution in [1.29, 1.82) is 0 Å². The van der Waals surface area contributed by atoms with Crippen molar-refractivity contribution in [3.05, 3.63) is 0 Å². The van der Waals surface area contributed by atoms with Crippen LogP contribution in [-0.4, -0.2) is 25.0 Å². The molecule has 0 saturated heterocycles. The minimum atomic E-state index is -0.384. The topological polar surface area (TPSA) is 55.4 Å².